The Morgan fingerprint density at radius 1 is 1.33 bits per heavy atom. The van der Waals surface area contributed by atoms with Crippen molar-refractivity contribution in [3.05, 3.63) is 34.3 Å². The Morgan fingerprint density at radius 3 is 2.67 bits per heavy atom. The van der Waals surface area contributed by atoms with Gasteiger partial charge in [-0.1, -0.05) is 28.1 Å². The number of rotatable bonds is 6. The zero-order valence-corrected chi connectivity index (χ0v) is 14.6. The SMILES string of the molecule is CN(C)CC1CCN(CCC(=O)c2cccc(Br)c2)CC1. The van der Waals surface area contributed by atoms with Gasteiger partial charge in [0.05, 0.1) is 0 Å². The van der Waals surface area contributed by atoms with Crippen molar-refractivity contribution in [1.82, 2.24) is 9.80 Å². The zero-order valence-electron chi connectivity index (χ0n) is 13.0. The van der Waals surface area contributed by atoms with Crippen LogP contribution in [0.2, 0.25) is 0 Å². The monoisotopic (exact) mass is 352 g/mol. The van der Waals surface area contributed by atoms with Crippen LogP contribution in [0.4, 0.5) is 0 Å². The lowest BCUT2D eigenvalue weighted by atomic mass is 9.96. The molecule has 1 saturated heterocycles. The fraction of sp³-hybridized carbons (Fsp3) is 0.588. The number of halogens is 1. The first-order chi connectivity index (χ1) is 10.0. The van der Waals surface area contributed by atoms with Gasteiger partial charge < -0.3 is 9.80 Å². The Morgan fingerprint density at radius 2 is 2.05 bits per heavy atom. The lowest BCUT2D eigenvalue weighted by Gasteiger charge is -2.33. The second kappa shape index (κ2) is 8.06. The van der Waals surface area contributed by atoms with Crippen LogP contribution in [-0.2, 0) is 0 Å². The summed E-state index contributed by atoms with van der Waals surface area (Å²) in [5.41, 5.74) is 0.812. The molecule has 0 unspecified atom stereocenters. The number of benzene rings is 1. The molecular formula is C17H25BrN2O. The van der Waals surface area contributed by atoms with Gasteiger partial charge in [0.15, 0.2) is 5.78 Å². The third-order valence-corrected chi connectivity index (χ3v) is 4.63. The van der Waals surface area contributed by atoms with Gasteiger partial charge in [-0.2, -0.15) is 0 Å². The highest BCUT2D eigenvalue weighted by atomic mass is 79.9. The molecule has 1 aromatic rings. The van der Waals surface area contributed by atoms with E-state index in [0.29, 0.717) is 6.42 Å². The van der Waals surface area contributed by atoms with E-state index in [4.69, 9.17) is 0 Å². The molecule has 3 nitrogen and oxygen atoms in total. The number of piperidine rings is 1. The topological polar surface area (TPSA) is 23.6 Å². The molecular weight excluding hydrogens is 328 g/mol. The molecule has 0 atom stereocenters. The molecule has 1 fully saturated rings. The van der Waals surface area contributed by atoms with Crippen molar-refractivity contribution in [2.24, 2.45) is 5.92 Å². The first-order valence-corrected chi connectivity index (χ1v) is 8.50. The van der Waals surface area contributed by atoms with E-state index in [0.717, 1.165) is 35.6 Å². The number of hydrogen-bond donors (Lipinski definition) is 0. The number of ketones is 1. The van der Waals surface area contributed by atoms with Gasteiger partial charge in [-0.25, -0.2) is 0 Å². The first-order valence-electron chi connectivity index (χ1n) is 7.70. The van der Waals surface area contributed by atoms with E-state index in [1.54, 1.807) is 0 Å². The minimum Gasteiger partial charge on any atom is -0.309 e. The minimum absolute atomic E-state index is 0.242. The molecule has 0 aliphatic carbocycles. The van der Waals surface area contributed by atoms with Crippen molar-refractivity contribution < 1.29 is 4.79 Å². The van der Waals surface area contributed by atoms with E-state index >= 15 is 0 Å². The van der Waals surface area contributed by atoms with Crippen LogP contribution in [0, 0.1) is 5.92 Å². The second-order valence-corrected chi connectivity index (χ2v) is 7.15. The summed E-state index contributed by atoms with van der Waals surface area (Å²) in [7, 11) is 4.28. The number of Topliss-reactive ketones (excluding diaryl/α,β-unsaturated/α-hetero) is 1. The molecule has 4 heteroatoms. The quantitative estimate of drug-likeness (QED) is 0.734. The maximum absolute atomic E-state index is 12.2. The van der Waals surface area contributed by atoms with Crippen molar-refractivity contribution in [3.8, 4) is 0 Å². The van der Waals surface area contributed by atoms with Crippen LogP contribution in [0.1, 0.15) is 29.6 Å². The maximum atomic E-state index is 12.2. The summed E-state index contributed by atoms with van der Waals surface area (Å²) < 4.78 is 0.970. The summed E-state index contributed by atoms with van der Waals surface area (Å²) in [5.74, 6) is 1.06. The van der Waals surface area contributed by atoms with Crippen molar-refractivity contribution in [1.29, 1.82) is 0 Å². The van der Waals surface area contributed by atoms with Gasteiger partial charge in [0, 0.05) is 29.5 Å². The van der Waals surface area contributed by atoms with E-state index in [1.165, 1.54) is 19.4 Å². The Balaban J connectivity index is 1.73. The van der Waals surface area contributed by atoms with Crippen molar-refractivity contribution >= 4 is 21.7 Å². The van der Waals surface area contributed by atoms with E-state index in [-0.39, 0.29) is 5.78 Å². The summed E-state index contributed by atoms with van der Waals surface area (Å²) >= 11 is 3.42. The molecule has 0 aromatic heterocycles. The number of likely N-dealkylation sites (tertiary alicyclic amines) is 1. The molecule has 1 aliphatic heterocycles. The molecule has 1 aliphatic rings. The largest absolute Gasteiger partial charge is 0.309 e. The minimum atomic E-state index is 0.242. The first kappa shape index (κ1) is 16.7. The molecule has 0 saturated carbocycles. The maximum Gasteiger partial charge on any atom is 0.164 e. The summed E-state index contributed by atoms with van der Waals surface area (Å²) in [4.78, 5) is 16.9. The summed E-state index contributed by atoms with van der Waals surface area (Å²) in [6.07, 6.45) is 3.13. The van der Waals surface area contributed by atoms with Gasteiger partial charge in [0.1, 0.15) is 0 Å². The number of hydrogen-bond acceptors (Lipinski definition) is 3. The van der Waals surface area contributed by atoms with Gasteiger partial charge in [0.25, 0.3) is 0 Å². The second-order valence-electron chi connectivity index (χ2n) is 6.23. The highest BCUT2D eigenvalue weighted by Crippen LogP contribution is 2.18. The van der Waals surface area contributed by atoms with Crippen molar-refractivity contribution in [2.45, 2.75) is 19.3 Å². The van der Waals surface area contributed by atoms with Crippen LogP contribution < -0.4 is 0 Å². The third kappa shape index (κ3) is 5.53. The predicted octanol–water partition coefficient (Wildman–Crippen LogP) is 3.30. The molecule has 0 bridgehead atoms. The van der Waals surface area contributed by atoms with Crippen molar-refractivity contribution in [3.63, 3.8) is 0 Å². The summed E-state index contributed by atoms with van der Waals surface area (Å²) in [5, 5.41) is 0. The fourth-order valence-corrected chi connectivity index (χ4v) is 3.37. The molecule has 0 N–H and O–H groups in total. The van der Waals surface area contributed by atoms with Gasteiger partial charge in [0.2, 0.25) is 0 Å². The summed E-state index contributed by atoms with van der Waals surface area (Å²) in [6, 6.07) is 7.68. The van der Waals surface area contributed by atoms with E-state index in [9.17, 15) is 4.79 Å². The molecule has 0 amide bonds. The molecule has 21 heavy (non-hydrogen) atoms. The van der Waals surface area contributed by atoms with E-state index in [1.807, 2.05) is 24.3 Å². The molecule has 0 spiro atoms. The fourth-order valence-electron chi connectivity index (χ4n) is 2.97. The molecule has 2 rings (SSSR count). The van der Waals surface area contributed by atoms with Crippen LogP contribution in [0.25, 0.3) is 0 Å². The third-order valence-electron chi connectivity index (χ3n) is 4.13. The molecule has 116 valence electrons. The van der Waals surface area contributed by atoms with Gasteiger partial charge in [-0.15, -0.1) is 0 Å². The highest BCUT2D eigenvalue weighted by molar-refractivity contribution is 9.10. The van der Waals surface area contributed by atoms with Gasteiger partial charge in [-0.05, 0) is 58.1 Å². The zero-order chi connectivity index (χ0) is 15.2. The summed E-state index contributed by atoms with van der Waals surface area (Å²) in [6.45, 7) is 4.33. The molecule has 1 aromatic carbocycles. The van der Waals surface area contributed by atoms with Gasteiger partial charge in [-0.3, -0.25) is 4.79 Å². The van der Waals surface area contributed by atoms with Gasteiger partial charge >= 0.3 is 0 Å². The Bertz CT molecular complexity index is 468. The highest BCUT2D eigenvalue weighted by Gasteiger charge is 2.20. The van der Waals surface area contributed by atoms with E-state index in [2.05, 4.69) is 39.8 Å². The smallest absolute Gasteiger partial charge is 0.164 e. The number of carbonyl (C=O) groups excluding carboxylic acids is 1. The molecule has 0 radical (unpaired) electrons. The number of nitrogens with zero attached hydrogens (tertiary/aromatic N) is 2. The van der Waals surface area contributed by atoms with E-state index < -0.39 is 0 Å². The standard InChI is InChI=1S/C17H25BrN2O/c1-19(2)13-14-6-9-20(10-7-14)11-8-17(21)15-4-3-5-16(18)12-15/h3-5,12,14H,6-11,13H2,1-2H3. The Hall–Kier alpha value is -0.710. The molecule has 1 heterocycles. The predicted molar refractivity (Wildman–Crippen MR) is 90.8 cm³/mol. The number of carbonyl (C=O) groups is 1. The lowest BCUT2D eigenvalue weighted by Crippen LogP contribution is -2.38. The average molecular weight is 353 g/mol. The van der Waals surface area contributed by atoms with Crippen molar-refractivity contribution in [2.75, 3.05) is 40.3 Å². The lowest BCUT2D eigenvalue weighted by molar-refractivity contribution is 0.0946. The van der Waals surface area contributed by atoms with Crippen LogP contribution in [0.15, 0.2) is 28.7 Å². The van der Waals surface area contributed by atoms with Crippen LogP contribution in [-0.4, -0.2) is 55.9 Å². The van der Waals surface area contributed by atoms with Crippen LogP contribution >= 0.6 is 15.9 Å². The normalized spacial score (nSPS) is 17.3. The Labute approximate surface area is 136 Å². The Kier molecular flexibility index (Phi) is 6.40. The average Bonchev–Trinajstić information content (AvgIpc) is 2.45. The van der Waals surface area contributed by atoms with Crippen LogP contribution in [0.5, 0.6) is 0 Å². The van der Waals surface area contributed by atoms with Crippen LogP contribution in [0.3, 0.4) is 0 Å².